The Hall–Kier alpha value is -5.63. The number of benzene rings is 2. The molecule has 7 amide bonds. The molecule has 4 heterocycles. The molecular weight excluding hydrogens is 720 g/mol. The quantitative estimate of drug-likeness (QED) is 0.105. The van der Waals surface area contributed by atoms with Gasteiger partial charge in [0.25, 0.3) is 5.91 Å². The number of nitrogens with two attached hydrogens (primary N) is 2. The third-order valence-corrected chi connectivity index (χ3v) is 10.8. The summed E-state index contributed by atoms with van der Waals surface area (Å²) >= 11 is 0. The summed E-state index contributed by atoms with van der Waals surface area (Å²) in [6.07, 6.45) is 1.94. The highest BCUT2D eigenvalue weighted by Crippen LogP contribution is 2.31. The van der Waals surface area contributed by atoms with Crippen molar-refractivity contribution in [3.8, 4) is 11.8 Å². The van der Waals surface area contributed by atoms with Crippen LogP contribution in [0, 0.1) is 11.8 Å². The van der Waals surface area contributed by atoms with Crippen molar-refractivity contribution in [3.63, 3.8) is 0 Å². The van der Waals surface area contributed by atoms with Crippen LogP contribution in [-0.4, -0.2) is 120 Å². The molecule has 0 aliphatic carbocycles. The standard InChI is InChI=1S/C40H48N8O8/c1-46-19-18-26-12-14-33(48(26)40(55)29(41)22-46)38(53)43-30(13-16-34(42)49)36(51)44-31(25-7-3-2-4-8-25)23-56-20-6-10-24-9-5-11-27-28(24)21-47(39(27)54)32-15-17-35(50)45-37(32)52/h2-5,7-9,11,26,29-33H,12-23,41H2,1H3,(H2,42,49)(H,43,53)(H,44,51)(H,45,50,52)/t26-,29+,30+,31-,32?,33+/m1/s1. The number of nitrogens with zero attached hydrogens (tertiary/aromatic N) is 3. The largest absolute Gasteiger partial charge is 0.370 e. The average Bonchev–Trinajstić information content (AvgIpc) is 3.75. The maximum absolute atomic E-state index is 13.9. The summed E-state index contributed by atoms with van der Waals surface area (Å²) in [6, 6.07) is 10.0. The zero-order chi connectivity index (χ0) is 39.9. The summed E-state index contributed by atoms with van der Waals surface area (Å²) in [6.45, 7) is 1.27. The molecule has 3 fully saturated rings. The smallest absolute Gasteiger partial charge is 0.255 e. The van der Waals surface area contributed by atoms with Crippen LogP contribution in [0.5, 0.6) is 0 Å². The number of primary amides is 1. The molecule has 3 saturated heterocycles. The number of hydrogen-bond donors (Lipinski definition) is 5. The first kappa shape index (κ1) is 40.0. The van der Waals surface area contributed by atoms with Crippen LogP contribution in [0.1, 0.15) is 78.0 Å². The van der Waals surface area contributed by atoms with Crippen LogP contribution >= 0.6 is 0 Å². The number of ether oxygens (including phenoxy) is 1. The van der Waals surface area contributed by atoms with E-state index in [9.17, 15) is 33.6 Å². The first-order chi connectivity index (χ1) is 26.9. The monoisotopic (exact) mass is 768 g/mol. The number of rotatable bonds is 12. The Morgan fingerprint density at radius 1 is 1.00 bits per heavy atom. The summed E-state index contributed by atoms with van der Waals surface area (Å²) in [7, 11) is 1.91. The van der Waals surface area contributed by atoms with E-state index in [1.54, 1.807) is 23.1 Å². The van der Waals surface area contributed by atoms with Crippen LogP contribution in [-0.2, 0) is 40.0 Å². The fraction of sp³-hybridized carbons (Fsp3) is 0.475. The third kappa shape index (κ3) is 9.24. The lowest BCUT2D eigenvalue weighted by atomic mass is 10.0. The fourth-order valence-corrected chi connectivity index (χ4v) is 7.89. The van der Waals surface area contributed by atoms with Gasteiger partial charge in [0.1, 0.15) is 24.7 Å². The van der Waals surface area contributed by atoms with Crippen LogP contribution in [0.25, 0.3) is 0 Å². The first-order valence-corrected chi connectivity index (χ1v) is 18.9. The molecule has 16 heteroatoms. The van der Waals surface area contributed by atoms with E-state index in [0.717, 1.165) is 12.1 Å². The Kier molecular flexibility index (Phi) is 12.8. The number of fused-ring (bicyclic) bond motifs is 2. The van der Waals surface area contributed by atoms with E-state index in [0.29, 0.717) is 42.5 Å². The van der Waals surface area contributed by atoms with Gasteiger partial charge < -0.3 is 41.5 Å². The second kappa shape index (κ2) is 17.9. The summed E-state index contributed by atoms with van der Waals surface area (Å²) in [5.74, 6) is 2.91. The molecule has 6 rings (SSSR count). The summed E-state index contributed by atoms with van der Waals surface area (Å²) in [5, 5.41) is 8.06. The van der Waals surface area contributed by atoms with E-state index < -0.39 is 53.8 Å². The number of likely N-dealkylation sites (N-methyl/N-ethyl adjacent to an activating group) is 1. The van der Waals surface area contributed by atoms with Gasteiger partial charge in [-0.15, -0.1) is 0 Å². The SMILES string of the molecule is CN1CC[C@H]2CC[C@@H](C(=O)N[C@@H](CCC(N)=O)C(=O)N[C@H](COCC#Cc3cccc4c3CN(C3CCC(=O)NC3=O)C4=O)c3ccccc3)N2C(=O)[C@@H](N)C1. The van der Waals surface area contributed by atoms with Gasteiger partial charge in [0.05, 0.1) is 18.7 Å². The van der Waals surface area contributed by atoms with Crippen molar-refractivity contribution in [1.29, 1.82) is 0 Å². The van der Waals surface area contributed by atoms with Crippen molar-refractivity contribution in [3.05, 3.63) is 70.8 Å². The van der Waals surface area contributed by atoms with Crippen LogP contribution in [0.4, 0.5) is 0 Å². The first-order valence-electron chi connectivity index (χ1n) is 18.9. The van der Waals surface area contributed by atoms with Gasteiger partial charge in [-0.3, -0.25) is 38.9 Å². The number of carbonyl (C=O) groups excluding carboxylic acids is 7. The van der Waals surface area contributed by atoms with Crippen molar-refractivity contribution < 1.29 is 38.3 Å². The predicted octanol–water partition coefficient (Wildman–Crippen LogP) is -0.554. The molecule has 16 nitrogen and oxygen atoms in total. The molecular formula is C40H48N8O8. The molecule has 2 aromatic rings. The minimum absolute atomic E-state index is 0.00844. The number of hydrogen-bond acceptors (Lipinski definition) is 10. The predicted molar refractivity (Wildman–Crippen MR) is 202 cm³/mol. The Bertz CT molecular complexity index is 1930. The van der Waals surface area contributed by atoms with Crippen molar-refractivity contribution in [2.24, 2.45) is 11.5 Å². The normalized spacial score (nSPS) is 23.5. The summed E-state index contributed by atoms with van der Waals surface area (Å²) in [5.41, 5.74) is 14.1. The molecule has 0 radical (unpaired) electrons. The third-order valence-electron chi connectivity index (χ3n) is 10.8. The highest BCUT2D eigenvalue weighted by Gasteiger charge is 2.44. The maximum atomic E-state index is 13.9. The van der Waals surface area contributed by atoms with E-state index in [-0.39, 0.29) is 69.2 Å². The molecule has 0 saturated carbocycles. The summed E-state index contributed by atoms with van der Waals surface area (Å²) in [4.78, 5) is 95.2. The van der Waals surface area contributed by atoms with Crippen LogP contribution in [0.15, 0.2) is 48.5 Å². The van der Waals surface area contributed by atoms with Gasteiger partial charge in [0.2, 0.25) is 35.4 Å². The zero-order valence-electron chi connectivity index (χ0n) is 31.3. The van der Waals surface area contributed by atoms with Crippen LogP contribution < -0.4 is 27.4 Å². The molecule has 1 unspecified atom stereocenters. The topological polar surface area (TPSA) is 227 Å². The Morgan fingerprint density at radius 2 is 1.79 bits per heavy atom. The van der Waals surface area contributed by atoms with Crippen LogP contribution in [0.3, 0.4) is 0 Å². The Balaban J connectivity index is 1.10. The number of imide groups is 1. The van der Waals surface area contributed by atoms with Gasteiger partial charge in [0, 0.05) is 43.1 Å². The minimum atomic E-state index is -1.13. The summed E-state index contributed by atoms with van der Waals surface area (Å²) < 4.78 is 5.93. The van der Waals surface area contributed by atoms with E-state index in [1.807, 2.05) is 42.3 Å². The number of amides is 7. The van der Waals surface area contributed by atoms with Gasteiger partial charge >= 0.3 is 0 Å². The van der Waals surface area contributed by atoms with E-state index in [1.165, 1.54) is 4.90 Å². The molecule has 0 spiro atoms. The van der Waals surface area contributed by atoms with Gasteiger partial charge in [-0.25, -0.2) is 0 Å². The molecule has 0 bridgehead atoms. The van der Waals surface area contributed by atoms with Gasteiger partial charge in [-0.2, -0.15) is 0 Å². The second-order valence-electron chi connectivity index (χ2n) is 14.7. The van der Waals surface area contributed by atoms with E-state index in [2.05, 4.69) is 27.8 Å². The van der Waals surface area contributed by atoms with Gasteiger partial charge in [0.15, 0.2) is 0 Å². The van der Waals surface area contributed by atoms with Gasteiger partial charge in [-0.05, 0) is 69.0 Å². The minimum Gasteiger partial charge on any atom is -0.370 e. The zero-order valence-corrected chi connectivity index (χ0v) is 31.3. The van der Waals surface area contributed by atoms with Crippen LogP contribution in [0.2, 0.25) is 0 Å². The lowest BCUT2D eigenvalue weighted by Crippen LogP contribution is -2.59. The molecule has 7 N–H and O–H groups in total. The number of nitrogens with one attached hydrogen (secondary N) is 3. The molecule has 0 aromatic heterocycles. The molecule has 4 aliphatic heterocycles. The van der Waals surface area contributed by atoms with Crippen molar-refractivity contribution >= 4 is 41.4 Å². The number of piperidine rings is 1. The highest BCUT2D eigenvalue weighted by atomic mass is 16.5. The number of carbonyl (C=O) groups is 7. The van der Waals surface area contributed by atoms with E-state index >= 15 is 0 Å². The molecule has 2 aromatic carbocycles. The Labute approximate surface area is 325 Å². The van der Waals surface area contributed by atoms with E-state index in [4.69, 9.17) is 16.2 Å². The fourth-order valence-electron chi connectivity index (χ4n) is 7.89. The van der Waals surface area contributed by atoms with Crippen molar-refractivity contribution in [2.45, 2.75) is 87.7 Å². The van der Waals surface area contributed by atoms with Crippen molar-refractivity contribution in [2.75, 3.05) is 33.4 Å². The maximum Gasteiger partial charge on any atom is 0.255 e. The molecule has 6 atom stereocenters. The average molecular weight is 769 g/mol. The lowest BCUT2D eigenvalue weighted by molar-refractivity contribution is -0.143. The molecule has 4 aliphatic rings. The van der Waals surface area contributed by atoms with Crippen molar-refractivity contribution in [1.82, 2.24) is 30.7 Å². The van der Waals surface area contributed by atoms with Gasteiger partial charge in [-0.1, -0.05) is 48.2 Å². The second-order valence-corrected chi connectivity index (χ2v) is 14.7. The highest BCUT2D eigenvalue weighted by molar-refractivity contribution is 6.05. The molecule has 56 heavy (non-hydrogen) atoms. The molecule has 296 valence electrons. The lowest BCUT2D eigenvalue weighted by Gasteiger charge is -2.36. The Morgan fingerprint density at radius 3 is 2.54 bits per heavy atom.